The standard InChI is InChI=1S/C10H21NO2/c1-10(11,5-7-12-2)9-4-3-6-13-8-9/h9H,3-8,11H2,1-2H3. The first-order valence-corrected chi connectivity index (χ1v) is 5.02. The molecule has 2 atom stereocenters. The van der Waals surface area contributed by atoms with Gasteiger partial charge in [-0.2, -0.15) is 0 Å². The fourth-order valence-electron chi connectivity index (χ4n) is 1.79. The summed E-state index contributed by atoms with van der Waals surface area (Å²) >= 11 is 0. The highest BCUT2D eigenvalue weighted by Crippen LogP contribution is 2.26. The zero-order valence-corrected chi connectivity index (χ0v) is 8.71. The van der Waals surface area contributed by atoms with Crippen LogP contribution in [0.15, 0.2) is 0 Å². The molecule has 13 heavy (non-hydrogen) atoms. The Morgan fingerprint density at radius 3 is 2.92 bits per heavy atom. The number of ether oxygens (including phenoxy) is 2. The van der Waals surface area contributed by atoms with Crippen molar-refractivity contribution in [1.82, 2.24) is 0 Å². The molecule has 78 valence electrons. The quantitative estimate of drug-likeness (QED) is 0.718. The van der Waals surface area contributed by atoms with Crippen LogP contribution in [-0.4, -0.2) is 32.5 Å². The van der Waals surface area contributed by atoms with Crippen molar-refractivity contribution in [3.8, 4) is 0 Å². The summed E-state index contributed by atoms with van der Waals surface area (Å²) in [7, 11) is 1.72. The van der Waals surface area contributed by atoms with Crippen molar-refractivity contribution >= 4 is 0 Å². The first-order chi connectivity index (χ1) is 6.17. The molecule has 1 aliphatic rings. The highest BCUT2D eigenvalue weighted by Gasteiger charge is 2.31. The molecule has 1 aliphatic heterocycles. The van der Waals surface area contributed by atoms with E-state index in [0.717, 1.165) is 32.7 Å². The van der Waals surface area contributed by atoms with Crippen LogP contribution in [0.4, 0.5) is 0 Å². The van der Waals surface area contributed by atoms with Gasteiger partial charge in [0.15, 0.2) is 0 Å². The van der Waals surface area contributed by atoms with Crippen LogP contribution in [0.1, 0.15) is 26.2 Å². The Balaban J connectivity index is 2.36. The van der Waals surface area contributed by atoms with E-state index in [1.54, 1.807) is 7.11 Å². The second-order valence-electron chi connectivity index (χ2n) is 4.16. The van der Waals surface area contributed by atoms with Gasteiger partial charge in [0.2, 0.25) is 0 Å². The van der Waals surface area contributed by atoms with E-state index in [1.165, 1.54) is 6.42 Å². The van der Waals surface area contributed by atoms with Gasteiger partial charge >= 0.3 is 0 Å². The van der Waals surface area contributed by atoms with E-state index >= 15 is 0 Å². The van der Waals surface area contributed by atoms with Crippen LogP contribution in [0, 0.1) is 5.92 Å². The van der Waals surface area contributed by atoms with E-state index in [-0.39, 0.29) is 5.54 Å². The summed E-state index contributed by atoms with van der Waals surface area (Å²) in [5, 5.41) is 0. The van der Waals surface area contributed by atoms with Gasteiger partial charge in [0.25, 0.3) is 0 Å². The van der Waals surface area contributed by atoms with E-state index < -0.39 is 0 Å². The summed E-state index contributed by atoms with van der Waals surface area (Å²) in [4.78, 5) is 0. The van der Waals surface area contributed by atoms with Gasteiger partial charge in [-0.15, -0.1) is 0 Å². The van der Waals surface area contributed by atoms with E-state index in [4.69, 9.17) is 15.2 Å². The minimum absolute atomic E-state index is 0.129. The van der Waals surface area contributed by atoms with E-state index in [1.807, 2.05) is 0 Å². The number of rotatable bonds is 4. The summed E-state index contributed by atoms with van der Waals surface area (Å²) < 4.78 is 10.5. The summed E-state index contributed by atoms with van der Waals surface area (Å²) in [5.74, 6) is 0.497. The van der Waals surface area contributed by atoms with Crippen molar-refractivity contribution in [2.45, 2.75) is 31.7 Å². The Kier molecular flexibility index (Phi) is 4.16. The molecule has 0 amide bonds. The molecule has 3 heteroatoms. The number of nitrogens with two attached hydrogens (primary N) is 1. The maximum atomic E-state index is 6.22. The Bertz CT molecular complexity index is 142. The van der Waals surface area contributed by atoms with E-state index in [2.05, 4.69) is 6.92 Å². The van der Waals surface area contributed by atoms with Crippen molar-refractivity contribution in [2.75, 3.05) is 26.9 Å². The topological polar surface area (TPSA) is 44.5 Å². The zero-order valence-electron chi connectivity index (χ0n) is 8.71. The van der Waals surface area contributed by atoms with Gasteiger partial charge in [-0.25, -0.2) is 0 Å². The average Bonchev–Trinajstić information content (AvgIpc) is 2.16. The molecule has 0 aromatic rings. The van der Waals surface area contributed by atoms with Gasteiger partial charge in [0.05, 0.1) is 6.61 Å². The van der Waals surface area contributed by atoms with Gasteiger partial charge in [0.1, 0.15) is 0 Å². The van der Waals surface area contributed by atoms with Gasteiger partial charge in [-0.05, 0) is 26.2 Å². The highest BCUT2D eigenvalue weighted by atomic mass is 16.5. The third kappa shape index (κ3) is 3.25. The molecule has 1 fully saturated rings. The lowest BCUT2D eigenvalue weighted by Gasteiger charge is -2.36. The lowest BCUT2D eigenvalue weighted by molar-refractivity contribution is 0.0171. The first-order valence-electron chi connectivity index (χ1n) is 5.02. The Hall–Kier alpha value is -0.120. The predicted molar refractivity (Wildman–Crippen MR) is 52.6 cm³/mol. The lowest BCUT2D eigenvalue weighted by atomic mass is 9.80. The van der Waals surface area contributed by atoms with Gasteiger partial charge < -0.3 is 15.2 Å². The number of methoxy groups -OCH3 is 1. The van der Waals surface area contributed by atoms with Crippen LogP contribution in [0.2, 0.25) is 0 Å². The molecule has 3 nitrogen and oxygen atoms in total. The maximum absolute atomic E-state index is 6.22. The smallest absolute Gasteiger partial charge is 0.0511 e. The zero-order chi connectivity index (χ0) is 9.73. The Morgan fingerprint density at radius 1 is 1.62 bits per heavy atom. The van der Waals surface area contributed by atoms with Gasteiger partial charge in [-0.3, -0.25) is 0 Å². The van der Waals surface area contributed by atoms with Gasteiger partial charge in [-0.1, -0.05) is 0 Å². The molecular weight excluding hydrogens is 166 g/mol. The molecule has 0 aromatic carbocycles. The molecule has 0 spiro atoms. The third-order valence-electron chi connectivity index (χ3n) is 2.94. The highest BCUT2D eigenvalue weighted by molar-refractivity contribution is 4.87. The van der Waals surface area contributed by atoms with Crippen LogP contribution >= 0.6 is 0 Å². The SMILES string of the molecule is COCCC(C)(N)C1CCCOC1. The van der Waals surface area contributed by atoms with E-state index in [9.17, 15) is 0 Å². The van der Waals surface area contributed by atoms with Crippen LogP contribution < -0.4 is 5.73 Å². The molecular formula is C10H21NO2. The fraction of sp³-hybridized carbons (Fsp3) is 1.00. The molecule has 0 aliphatic carbocycles. The second-order valence-corrected chi connectivity index (χ2v) is 4.16. The van der Waals surface area contributed by atoms with Crippen molar-refractivity contribution < 1.29 is 9.47 Å². The first kappa shape index (κ1) is 11.0. The van der Waals surface area contributed by atoms with Crippen molar-refractivity contribution in [3.63, 3.8) is 0 Å². The summed E-state index contributed by atoms with van der Waals surface area (Å²) in [6.07, 6.45) is 3.25. The molecule has 2 unspecified atom stereocenters. The lowest BCUT2D eigenvalue weighted by Crippen LogP contribution is -2.48. The molecule has 0 saturated carbocycles. The largest absolute Gasteiger partial charge is 0.385 e. The van der Waals surface area contributed by atoms with E-state index in [0.29, 0.717) is 5.92 Å². The molecule has 2 N–H and O–H groups in total. The molecule has 0 radical (unpaired) electrons. The minimum atomic E-state index is -0.129. The molecule has 0 bridgehead atoms. The van der Waals surface area contributed by atoms with Crippen LogP contribution in [-0.2, 0) is 9.47 Å². The normalized spacial score (nSPS) is 28.4. The van der Waals surface area contributed by atoms with Crippen LogP contribution in [0.3, 0.4) is 0 Å². The molecule has 1 saturated heterocycles. The van der Waals surface area contributed by atoms with Crippen molar-refractivity contribution in [2.24, 2.45) is 11.7 Å². The Morgan fingerprint density at radius 2 is 2.38 bits per heavy atom. The minimum Gasteiger partial charge on any atom is -0.385 e. The van der Waals surface area contributed by atoms with Crippen molar-refractivity contribution in [3.05, 3.63) is 0 Å². The van der Waals surface area contributed by atoms with Gasteiger partial charge in [0, 0.05) is 31.8 Å². The summed E-state index contributed by atoms with van der Waals surface area (Å²) in [6.45, 7) is 4.56. The summed E-state index contributed by atoms with van der Waals surface area (Å²) in [6, 6.07) is 0. The number of hydrogen-bond acceptors (Lipinski definition) is 3. The monoisotopic (exact) mass is 187 g/mol. The molecule has 0 aromatic heterocycles. The Labute approximate surface area is 80.6 Å². The third-order valence-corrected chi connectivity index (χ3v) is 2.94. The maximum Gasteiger partial charge on any atom is 0.0511 e. The molecule has 1 heterocycles. The molecule has 1 rings (SSSR count). The number of hydrogen-bond donors (Lipinski definition) is 1. The van der Waals surface area contributed by atoms with Crippen LogP contribution in [0.25, 0.3) is 0 Å². The second kappa shape index (κ2) is 4.94. The summed E-state index contributed by atoms with van der Waals surface area (Å²) in [5.41, 5.74) is 6.09. The van der Waals surface area contributed by atoms with Crippen molar-refractivity contribution in [1.29, 1.82) is 0 Å². The average molecular weight is 187 g/mol. The fourth-order valence-corrected chi connectivity index (χ4v) is 1.79. The van der Waals surface area contributed by atoms with Crippen LogP contribution in [0.5, 0.6) is 0 Å². The predicted octanol–water partition coefficient (Wildman–Crippen LogP) is 1.17.